The van der Waals surface area contributed by atoms with Crippen LogP contribution in [0.25, 0.3) is 21.8 Å². The Balaban J connectivity index is 0.000000186. The molecule has 2 aliphatic heterocycles. The minimum absolute atomic E-state index is 0. The number of aliphatic carboxylic acids is 1. The highest BCUT2D eigenvalue weighted by Gasteiger charge is 2.34. The van der Waals surface area contributed by atoms with Crippen molar-refractivity contribution in [1.29, 1.82) is 0 Å². The first-order valence-electron chi connectivity index (χ1n) is 19.3. The number of H-pyrrole nitrogens is 2. The highest BCUT2D eigenvalue weighted by atomic mass is 35.5. The molecule has 4 heterocycles. The summed E-state index contributed by atoms with van der Waals surface area (Å²) in [6, 6.07) is 18.4. The monoisotopic (exact) mass is 884 g/mol. The molecular formula is C44H49Cl3F2N6O5. The summed E-state index contributed by atoms with van der Waals surface area (Å²) >= 11 is 12.3. The number of rotatable bonds is 8. The summed E-state index contributed by atoms with van der Waals surface area (Å²) in [6.07, 6.45) is 4.78. The number of aromatic nitrogens is 4. The molecule has 1 amide bonds. The Labute approximate surface area is 362 Å². The van der Waals surface area contributed by atoms with Crippen LogP contribution in [0.15, 0.2) is 73.1 Å². The van der Waals surface area contributed by atoms with E-state index < -0.39 is 30.5 Å². The van der Waals surface area contributed by atoms with Crippen LogP contribution in [-0.2, 0) is 46.5 Å². The Morgan fingerprint density at radius 3 is 1.80 bits per heavy atom. The fourth-order valence-corrected chi connectivity index (χ4v) is 8.50. The van der Waals surface area contributed by atoms with E-state index >= 15 is 0 Å². The van der Waals surface area contributed by atoms with Crippen molar-refractivity contribution in [2.75, 3.05) is 26.4 Å². The highest BCUT2D eigenvalue weighted by molar-refractivity contribution is 6.33. The topological polar surface area (TPSA) is 167 Å². The summed E-state index contributed by atoms with van der Waals surface area (Å²) in [6.45, 7) is 6.86. The maximum Gasteiger partial charge on any atom is 0.307 e. The minimum atomic E-state index is -1.53. The van der Waals surface area contributed by atoms with Crippen molar-refractivity contribution in [3.05, 3.63) is 128 Å². The number of hydrogen-bond acceptors (Lipinski definition) is 7. The largest absolute Gasteiger partial charge is 0.481 e. The predicted molar refractivity (Wildman–Crippen MR) is 232 cm³/mol. The van der Waals surface area contributed by atoms with E-state index in [4.69, 9.17) is 28.3 Å². The van der Waals surface area contributed by atoms with Gasteiger partial charge in [-0.05, 0) is 116 Å². The molecule has 0 saturated heterocycles. The van der Waals surface area contributed by atoms with Gasteiger partial charge in [0.15, 0.2) is 0 Å². The number of aromatic amines is 2. The first kappa shape index (κ1) is 46.4. The highest BCUT2D eigenvalue weighted by Crippen LogP contribution is 2.37. The van der Waals surface area contributed by atoms with E-state index in [2.05, 4.69) is 32.6 Å². The molecule has 0 radical (unpaired) electrons. The molecule has 60 heavy (non-hydrogen) atoms. The lowest BCUT2D eigenvalue weighted by Gasteiger charge is -2.38. The van der Waals surface area contributed by atoms with Crippen LogP contribution in [0.3, 0.4) is 0 Å². The molecule has 0 fully saturated rings. The van der Waals surface area contributed by atoms with Gasteiger partial charge in [-0.1, -0.05) is 59.6 Å². The molecule has 2 aromatic heterocycles. The van der Waals surface area contributed by atoms with E-state index in [1.54, 1.807) is 36.7 Å². The van der Waals surface area contributed by atoms with Gasteiger partial charge in [0.2, 0.25) is 5.91 Å². The number of amides is 1. The molecule has 8 rings (SSSR count). The zero-order valence-electron chi connectivity index (χ0n) is 33.7. The van der Waals surface area contributed by atoms with Gasteiger partial charge in [-0.25, -0.2) is 8.78 Å². The first-order chi connectivity index (χ1) is 28.1. The number of fused-ring (bicyclic) bond motifs is 4. The number of hydrogen-bond donors (Lipinski definition) is 6. The van der Waals surface area contributed by atoms with Crippen molar-refractivity contribution in [3.8, 4) is 0 Å². The van der Waals surface area contributed by atoms with Crippen molar-refractivity contribution in [2.45, 2.75) is 76.7 Å². The van der Waals surface area contributed by atoms with Crippen molar-refractivity contribution in [2.24, 2.45) is 0 Å². The molecule has 2 aliphatic rings. The molecule has 0 bridgehead atoms. The lowest BCUT2D eigenvalue weighted by Crippen LogP contribution is -2.41. The van der Waals surface area contributed by atoms with Crippen LogP contribution in [0, 0.1) is 0 Å². The normalized spacial score (nSPS) is 17.7. The Kier molecular flexibility index (Phi) is 15.0. The average molecular weight is 886 g/mol. The number of benzene rings is 4. The molecule has 0 unspecified atom stereocenters. The summed E-state index contributed by atoms with van der Waals surface area (Å²) < 4.78 is 26.2. The van der Waals surface area contributed by atoms with Crippen LogP contribution >= 0.6 is 35.6 Å². The summed E-state index contributed by atoms with van der Waals surface area (Å²) in [4.78, 5) is 25.6. The standard InChI is InChI=1S/C22H23ClFN3O2.C13H18FNO.C9H7ClN2O2.ClH/c1-13-14-4-3-5-18(22(2,29)12-24)15(14)8-9-27(13)21(28)10-16-17-11-25-26-20(17)7-6-19(16)23;1-9-10-4-3-5-12(13(2,16)8-14)11(10)6-7-15-9;10-7-1-2-8-6(4-11-12-8)5(7)3-9(13)14;/h3-7,11,13,29H,8-10,12H2,1-2H3,(H,25,26);3-5,9,15-16H,6-8H2,1-2H3;1-2,4H,3H2,(H,11,12)(H,13,14);1H/t13-,22-;9-,13-;;/m00../s1. The molecule has 4 atom stereocenters. The third-order valence-electron chi connectivity index (χ3n) is 11.3. The van der Waals surface area contributed by atoms with Gasteiger partial charge in [-0.2, -0.15) is 10.2 Å². The number of alkyl halides is 2. The van der Waals surface area contributed by atoms with E-state index in [0.717, 1.165) is 62.6 Å². The smallest absolute Gasteiger partial charge is 0.307 e. The summed E-state index contributed by atoms with van der Waals surface area (Å²) in [5.74, 6) is -0.929. The van der Waals surface area contributed by atoms with Crippen LogP contribution in [-0.4, -0.2) is 78.9 Å². The zero-order chi connectivity index (χ0) is 42.6. The second kappa shape index (κ2) is 19.4. The number of halogens is 5. The van der Waals surface area contributed by atoms with Crippen molar-refractivity contribution < 1.29 is 33.7 Å². The number of carbonyl (C=O) groups excluding carboxylic acids is 1. The number of nitrogens with one attached hydrogen (secondary N) is 3. The molecule has 16 heteroatoms. The molecule has 0 spiro atoms. The molecule has 6 aromatic rings. The zero-order valence-corrected chi connectivity index (χ0v) is 36.0. The minimum Gasteiger partial charge on any atom is -0.481 e. The first-order valence-corrected chi connectivity index (χ1v) is 20.1. The van der Waals surface area contributed by atoms with E-state index in [1.807, 2.05) is 48.2 Å². The second-order valence-corrected chi connectivity index (χ2v) is 16.3. The summed E-state index contributed by atoms with van der Waals surface area (Å²) in [7, 11) is 0. The van der Waals surface area contributed by atoms with Gasteiger partial charge in [0.25, 0.3) is 0 Å². The van der Waals surface area contributed by atoms with E-state index in [0.29, 0.717) is 34.1 Å². The van der Waals surface area contributed by atoms with E-state index in [9.17, 15) is 28.6 Å². The lowest BCUT2D eigenvalue weighted by molar-refractivity contribution is -0.136. The Morgan fingerprint density at radius 1 is 0.783 bits per heavy atom. The number of carboxylic acid groups (broad SMARTS) is 1. The Hall–Kier alpha value is -4.63. The van der Waals surface area contributed by atoms with Gasteiger partial charge in [-0.3, -0.25) is 19.8 Å². The van der Waals surface area contributed by atoms with Crippen LogP contribution in [0.4, 0.5) is 8.78 Å². The van der Waals surface area contributed by atoms with Crippen molar-refractivity contribution in [1.82, 2.24) is 30.6 Å². The van der Waals surface area contributed by atoms with Crippen LogP contribution < -0.4 is 5.32 Å². The van der Waals surface area contributed by atoms with E-state index in [-0.39, 0.29) is 43.2 Å². The number of carboxylic acids is 1. The molecular weight excluding hydrogens is 837 g/mol. The molecule has 320 valence electrons. The number of aliphatic hydroxyl groups is 2. The number of nitrogens with zero attached hydrogens (tertiary/aromatic N) is 3. The third kappa shape index (κ3) is 9.77. The molecule has 11 nitrogen and oxygen atoms in total. The van der Waals surface area contributed by atoms with Gasteiger partial charge >= 0.3 is 5.97 Å². The maximum atomic E-state index is 13.4. The van der Waals surface area contributed by atoms with E-state index in [1.165, 1.54) is 19.4 Å². The Bertz CT molecular complexity index is 2470. The van der Waals surface area contributed by atoms with Gasteiger partial charge in [0.1, 0.15) is 24.6 Å². The van der Waals surface area contributed by atoms with Gasteiger partial charge < -0.3 is 25.5 Å². The third-order valence-corrected chi connectivity index (χ3v) is 12.0. The van der Waals surface area contributed by atoms with Crippen molar-refractivity contribution >= 4 is 69.3 Å². The van der Waals surface area contributed by atoms with Crippen LogP contribution in [0.2, 0.25) is 10.0 Å². The second-order valence-electron chi connectivity index (χ2n) is 15.5. The molecule has 0 aliphatic carbocycles. The quantitative estimate of drug-likeness (QED) is 0.0886. The molecule has 6 N–H and O–H groups in total. The SMILES string of the molecule is C[C@@H]1NCCc2c1cccc2[C@@](C)(O)CF.C[C@H]1c2cccc([C@@](C)(O)CF)c2CCN1C(=O)Cc1c(Cl)ccc2[nH]ncc12.Cl.O=C(O)Cc1c(Cl)ccc2[nH]ncc12. The van der Waals surface area contributed by atoms with Gasteiger partial charge in [0, 0.05) is 33.4 Å². The predicted octanol–water partition coefficient (Wildman–Crippen LogP) is 8.42. The fourth-order valence-electron chi connectivity index (χ4n) is 8.04. The van der Waals surface area contributed by atoms with Crippen LogP contribution in [0.1, 0.15) is 84.3 Å². The summed E-state index contributed by atoms with van der Waals surface area (Å²) in [5, 5.41) is 48.7. The summed E-state index contributed by atoms with van der Waals surface area (Å²) in [5.41, 5.74) is 5.62. The van der Waals surface area contributed by atoms with Gasteiger partial charge in [-0.15, -0.1) is 12.4 Å². The van der Waals surface area contributed by atoms with Gasteiger partial charge in [0.05, 0.1) is 42.3 Å². The maximum absolute atomic E-state index is 13.4. The number of carbonyl (C=O) groups is 2. The van der Waals surface area contributed by atoms with Crippen molar-refractivity contribution in [3.63, 3.8) is 0 Å². The molecule has 0 saturated carbocycles. The fraction of sp³-hybridized carbons (Fsp3) is 0.364. The average Bonchev–Trinajstić information content (AvgIpc) is 3.91. The Morgan fingerprint density at radius 2 is 1.28 bits per heavy atom. The lowest BCUT2D eigenvalue weighted by atomic mass is 9.83. The molecule has 4 aromatic carbocycles. The van der Waals surface area contributed by atoms with Crippen LogP contribution in [0.5, 0.6) is 0 Å².